The highest BCUT2D eigenvalue weighted by molar-refractivity contribution is 14.0. The number of hydrogen-bond acceptors (Lipinski definition) is 4. The van der Waals surface area contributed by atoms with Crippen molar-refractivity contribution in [3.63, 3.8) is 0 Å². The minimum atomic E-state index is 0. The van der Waals surface area contributed by atoms with Crippen molar-refractivity contribution in [2.24, 2.45) is 4.99 Å². The van der Waals surface area contributed by atoms with Gasteiger partial charge in [0.05, 0.1) is 19.8 Å². The predicted octanol–water partition coefficient (Wildman–Crippen LogP) is 3.18. The zero-order valence-electron chi connectivity index (χ0n) is 18.2. The van der Waals surface area contributed by atoms with E-state index >= 15 is 0 Å². The largest absolute Gasteiger partial charge is 0.488 e. The van der Waals surface area contributed by atoms with E-state index in [4.69, 9.17) is 14.5 Å². The fraction of sp³-hybridized carbons (Fsp3) is 0.667. The van der Waals surface area contributed by atoms with Crippen LogP contribution in [0.15, 0.2) is 23.2 Å². The molecule has 1 unspecified atom stereocenters. The molecule has 1 aromatic rings. The molecule has 1 aliphatic heterocycles. The fourth-order valence-corrected chi connectivity index (χ4v) is 2.65. The van der Waals surface area contributed by atoms with Crippen molar-refractivity contribution in [2.75, 3.05) is 40.4 Å². The molecular formula is C21H37IN4O2. The van der Waals surface area contributed by atoms with E-state index < -0.39 is 0 Å². The summed E-state index contributed by atoms with van der Waals surface area (Å²) in [6, 6.07) is 6.31. The molecule has 0 bridgehead atoms. The maximum Gasteiger partial charge on any atom is 0.191 e. The lowest BCUT2D eigenvalue weighted by molar-refractivity contribution is 0.140. The molecule has 0 spiro atoms. The molecule has 7 heteroatoms. The van der Waals surface area contributed by atoms with Crippen molar-refractivity contribution in [2.45, 2.75) is 52.3 Å². The van der Waals surface area contributed by atoms with Crippen LogP contribution in [0.4, 0.5) is 0 Å². The van der Waals surface area contributed by atoms with Gasteiger partial charge >= 0.3 is 0 Å². The van der Waals surface area contributed by atoms with E-state index in [0.29, 0.717) is 13.2 Å². The number of aryl methyl sites for hydroxylation is 1. The van der Waals surface area contributed by atoms with Crippen LogP contribution in [0.5, 0.6) is 5.75 Å². The first kappa shape index (κ1) is 25.0. The topological polar surface area (TPSA) is 58.1 Å². The summed E-state index contributed by atoms with van der Waals surface area (Å²) in [7, 11) is 4.18. The quantitative estimate of drug-likeness (QED) is 0.324. The van der Waals surface area contributed by atoms with Crippen molar-refractivity contribution in [3.05, 3.63) is 29.3 Å². The van der Waals surface area contributed by atoms with Crippen molar-refractivity contribution < 1.29 is 9.47 Å². The molecule has 0 saturated carbocycles. The zero-order valence-corrected chi connectivity index (χ0v) is 20.5. The molecule has 0 amide bonds. The third kappa shape index (κ3) is 7.75. The van der Waals surface area contributed by atoms with Gasteiger partial charge in [0.25, 0.3) is 0 Å². The number of likely N-dealkylation sites (N-methyl/N-ethyl adjacent to an activating group) is 1. The van der Waals surface area contributed by atoms with Crippen LogP contribution in [0.25, 0.3) is 0 Å². The van der Waals surface area contributed by atoms with E-state index in [1.54, 1.807) is 0 Å². The molecule has 28 heavy (non-hydrogen) atoms. The molecule has 1 heterocycles. The summed E-state index contributed by atoms with van der Waals surface area (Å²) in [6.07, 6.45) is 1.09. The molecule has 160 valence electrons. The Morgan fingerprint density at radius 3 is 2.68 bits per heavy atom. The summed E-state index contributed by atoms with van der Waals surface area (Å²) in [5.41, 5.74) is 2.32. The highest BCUT2D eigenvalue weighted by Crippen LogP contribution is 2.24. The maximum atomic E-state index is 6.18. The molecule has 6 nitrogen and oxygen atoms in total. The summed E-state index contributed by atoms with van der Waals surface area (Å²) in [4.78, 5) is 6.98. The third-order valence-corrected chi connectivity index (χ3v) is 5.06. The third-order valence-electron chi connectivity index (χ3n) is 5.06. The van der Waals surface area contributed by atoms with Crippen LogP contribution in [-0.4, -0.2) is 62.9 Å². The second-order valence-electron chi connectivity index (χ2n) is 7.97. The van der Waals surface area contributed by atoms with E-state index in [1.807, 2.05) is 0 Å². The predicted molar refractivity (Wildman–Crippen MR) is 127 cm³/mol. The number of rotatable bonds is 8. The van der Waals surface area contributed by atoms with E-state index in [2.05, 4.69) is 75.5 Å². The van der Waals surface area contributed by atoms with Crippen LogP contribution in [0, 0.1) is 6.92 Å². The Morgan fingerprint density at radius 1 is 1.32 bits per heavy atom. The Bertz CT molecular complexity index is 629. The lowest BCUT2D eigenvalue weighted by Gasteiger charge is -2.33. The molecule has 1 fully saturated rings. The van der Waals surface area contributed by atoms with Crippen LogP contribution in [-0.2, 0) is 11.3 Å². The average molecular weight is 504 g/mol. The fourth-order valence-electron chi connectivity index (χ4n) is 2.65. The number of nitrogens with zero attached hydrogens (tertiary/aromatic N) is 2. The van der Waals surface area contributed by atoms with E-state index in [0.717, 1.165) is 43.4 Å². The van der Waals surface area contributed by atoms with Crippen LogP contribution >= 0.6 is 24.0 Å². The lowest BCUT2D eigenvalue weighted by atomic mass is 10.0. The van der Waals surface area contributed by atoms with Crippen LogP contribution < -0.4 is 15.4 Å². The SMILES string of the molecule is CCNC(=NCc1ccc(C)cc1OC1CCOC1)NCC(C)(C)N(C)C.I. The summed E-state index contributed by atoms with van der Waals surface area (Å²) >= 11 is 0. The van der Waals surface area contributed by atoms with Crippen LogP contribution in [0.3, 0.4) is 0 Å². The van der Waals surface area contributed by atoms with E-state index in [9.17, 15) is 0 Å². The van der Waals surface area contributed by atoms with Gasteiger partial charge in [-0.3, -0.25) is 0 Å². The van der Waals surface area contributed by atoms with Gasteiger partial charge in [0.1, 0.15) is 11.9 Å². The average Bonchev–Trinajstić information content (AvgIpc) is 3.11. The Balaban J connectivity index is 0.00000392. The number of nitrogens with one attached hydrogen (secondary N) is 2. The minimum Gasteiger partial charge on any atom is -0.488 e. The van der Waals surface area contributed by atoms with Gasteiger partial charge < -0.3 is 25.0 Å². The molecule has 2 N–H and O–H groups in total. The van der Waals surface area contributed by atoms with Crippen LogP contribution in [0.1, 0.15) is 38.3 Å². The molecule has 0 aliphatic carbocycles. The van der Waals surface area contributed by atoms with Crippen molar-refractivity contribution in [3.8, 4) is 5.75 Å². The first-order valence-corrected chi connectivity index (χ1v) is 9.85. The lowest BCUT2D eigenvalue weighted by Crippen LogP contribution is -2.50. The van der Waals surface area contributed by atoms with Crippen molar-refractivity contribution in [1.82, 2.24) is 15.5 Å². The summed E-state index contributed by atoms with van der Waals surface area (Å²) in [5, 5.41) is 6.78. The van der Waals surface area contributed by atoms with Crippen molar-refractivity contribution >= 4 is 29.9 Å². The minimum absolute atomic E-state index is 0. The molecule has 1 aliphatic rings. The highest BCUT2D eigenvalue weighted by atomic mass is 127. The number of benzene rings is 1. The van der Waals surface area contributed by atoms with Gasteiger partial charge in [0.2, 0.25) is 0 Å². The molecule has 2 rings (SSSR count). The Kier molecular flexibility index (Phi) is 10.5. The number of ether oxygens (including phenoxy) is 2. The summed E-state index contributed by atoms with van der Waals surface area (Å²) in [6.45, 7) is 12.2. The van der Waals surface area contributed by atoms with Gasteiger partial charge in [-0.1, -0.05) is 12.1 Å². The van der Waals surface area contributed by atoms with Crippen molar-refractivity contribution in [1.29, 1.82) is 0 Å². The number of halogens is 1. The second-order valence-corrected chi connectivity index (χ2v) is 7.97. The first-order chi connectivity index (χ1) is 12.8. The summed E-state index contributed by atoms with van der Waals surface area (Å²) < 4.78 is 11.6. The second kappa shape index (κ2) is 11.8. The van der Waals surface area contributed by atoms with Gasteiger partial charge in [0, 0.05) is 30.6 Å². The van der Waals surface area contributed by atoms with Gasteiger partial charge in [-0.05, 0) is 53.4 Å². The molecule has 1 aromatic carbocycles. The molecule has 0 aromatic heterocycles. The van der Waals surface area contributed by atoms with E-state index in [1.165, 1.54) is 5.56 Å². The molecule has 1 atom stereocenters. The highest BCUT2D eigenvalue weighted by Gasteiger charge is 2.21. The molecular weight excluding hydrogens is 467 g/mol. The number of guanidine groups is 1. The first-order valence-electron chi connectivity index (χ1n) is 9.85. The van der Waals surface area contributed by atoms with Crippen LogP contribution in [0.2, 0.25) is 0 Å². The zero-order chi connectivity index (χ0) is 19.9. The number of aliphatic imine (C=N–C) groups is 1. The molecule has 1 saturated heterocycles. The summed E-state index contributed by atoms with van der Waals surface area (Å²) in [5.74, 6) is 1.74. The monoisotopic (exact) mass is 504 g/mol. The normalized spacial score (nSPS) is 17.4. The van der Waals surface area contributed by atoms with E-state index in [-0.39, 0.29) is 35.6 Å². The number of hydrogen-bond donors (Lipinski definition) is 2. The Labute approximate surface area is 187 Å². The standard InChI is InChI=1S/C21H36N4O2.HI/c1-7-22-20(24-15-21(3,4)25(5)6)23-13-17-9-8-16(2)12-19(17)27-18-10-11-26-14-18;/h8-9,12,18H,7,10-11,13-15H2,1-6H3,(H2,22,23,24);1H. The smallest absolute Gasteiger partial charge is 0.191 e. The molecule has 0 radical (unpaired) electrons. The Morgan fingerprint density at radius 2 is 2.07 bits per heavy atom. The van der Waals surface area contributed by atoms with Gasteiger partial charge in [-0.2, -0.15) is 0 Å². The Hall–Kier alpha value is -1.06. The van der Waals surface area contributed by atoms with Gasteiger partial charge in [-0.25, -0.2) is 4.99 Å². The maximum absolute atomic E-state index is 6.18. The van der Waals surface area contributed by atoms with Gasteiger partial charge in [0.15, 0.2) is 5.96 Å². The van der Waals surface area contributed by atoms with Gasteiger partial charge in [-0.15, -0.1) is 24.0 Å².